The van der Waals surface area contributed by atoms with Gasteiger partial charge in [0.25, 0.3) is 0 Å². The van der Waals surface area contributed by atoms with Gasteiger partial charge in [0.1, 0.15) is 11.6 Å². The van der Waals surface area contributed by atoms with Crippen LogP contribution in [0.25, 0.3) is 10.8 Å². The van der Waals surface area contributed by atoms with Crippen molar-refractivity contribution in [2.75, 3.05) is 6.54 Å². The van der Waals surface area contributed by atoms with Gasteiger partial charge in [-0.25, -0.2) is 9.18 Å². The van der Waals surface area contributed by atoms with E-state index >= 15 is 0 Å². The van der Waals surface area contributed by atoms with Crippen molar-refractivity contribution in [3.05, 3.63) is 112 Å². The zero-order valence-electron chi connectivity index (χ0n) is 21.2. The zero-order valence-corrected chi connectivity index (χ0v) is 21.2. The Bertz CT molecular complexity index is 1430. The summed E-state index contributed by atoms with van der Waals surface area (Å²) in [4.78, 5) is 11.7. The van der Waals surface area contributed by atoms with E-state index in [2.05, 4.69) is 54.7 Å². The molecule has 3 atom stereocenters. The standard InChI is InChI=1S/C32H32FNO3/c1-20-17-23(18-29(31(20)33)32(35)36)28-19-24(37-30-15-6-5-13-27(28)30)11-8-16-34-21(2)25-14-7-10-22-9-3-4-12-26(22)25/h3-7,9-10,12-15,17-18,21,24,28,34H,8,11,16,19H2,1-2H3,(H,35,36)/t21-,24+,28+/m1/s1. The summed E-state index contributed by atoms with van der Waals surface area (Å²) in [5, 5.41) is 15.7. The van der Waals surface area contributed by atoms with Gasteiger partial charge in [0.15, 0.2) is 0 Å². The van der Waals surface area contributed by atoms with Gasteiger partial charge in [-0.15, -0.1) is 0 Å². The minimum Gasteiger partial charge on any atom is -0.490 e. The molecule has 0 radical (unpaired) electrons. The maximum absolute atomic E-state index is 14.4. The highest BCUT2D eigenvalue weighted by atomic mass is 19.1. The Labute approximate surface area is 217 Å². The van der Waals surface area contributed by atoms with Gasteiger partial charge in [-0.05, 0) is 79.3 Å². The first kappa shape index (κ1) is 25.0. The topological polar surface area (TPSA) is 58.6 Å². The lowest BCUT2D eigenvalue weighted by atomic mass is 9.82. The Hall–Kier alpha value is -3.70. The highest BCUT2D eigenvalue weighted by Crippen LogP contribution is 2.42. The van der Waals surface area contributed by atoms with Crippen molar-refractivity contribution in [3.63, 3.8) is 0 Å². The van der Waals surface area contributed by atoms with Gasteiger partial charge in [0.2, 0.25) is 0 Å². The Kier molecular flexibility index (Phi) is 7.24. The van der Waals surface area contributed by atoms with E-state index in [1.165, 1.54) is 22.4 Å². The van der Waals surface area contributed by atoms with Crippen LogP contribution in [0.4, 0.5) is 4.39 Å². The van der Waals surface area contributed by atoms with E-state index in [9.17, 15) is 14.3 Å². The summed E-state index contributed by atoms with van der Waals surface area (Å²) < 4.78 is 20.8. The molecule has 1 aliphatic heterocycles. The first-order chi connectivity index (χ1) is 17.9. The van der Waals surface area contributed by atoms with Gasteiger partial charge in [-0.2, -0.15) is 0 Å². The minimum absolute atomic E-state index is 0.00630. The summed E-state index contributed by atoms with van der Waals surface area (Å²) in [7, 11) is 0. The first-order valence-corrected chi connectivity index (χ1v) is 12.9. The Morgan fingerprint density at radius 1 is 1.08 bits per heavy atom. The maximum Gasteiger partial charge on any atom is 0.338 e. The van der Waals surface area contributed by atoms with Crippen LogP contribution < -0.4 is 10.1 Å². The number of ether oxygens (including phenoxy) is 1. The van der Waals surface area contributed by atoms with Crippen molar-refractivity contribution in [2.45, 2.75) is 51.2 Å². The fraction of sp³-hybridized carbons (Fsp3) is 0.281. The van der Waals surface area contributed by atoms with E-state index in [0.29, 0.717) is 5.56 Å². The van der Waals surface area contributed by atoms with Gasteiger partial charge in [0.05, 0.1) is 11.7 Å². The van der Waals surface area contributed by atoms with Gasteiger partial charge < -0.3 is 15.2 Å². The summed E-state index contributed by atoms with van der Waals surface area (Å²) in [5.41, 5.74) is 3.20. The molecule has 190 valence electrons. The number of carboxylic acid groups (broad SMARTS) is 1. The van der Waals surface area contributed by atoms with Crippen molar-refractivity contribution in [3.8, 4) is 5.75 Å². The second-order valence-electron chi connectivity index (χ2n) is 9.96. The van der Waals surface area contributed by atoms with Crippen molar-refractivity contribution >= 4 is 16.7 Å². The lowest BCUT2D eigenvalue weighted by Crippen LogP contribution is -2.28. The third-order valence-electron chi connectivity index (χ3n) is 7.44. The highest BCUT2D eigenvalue weighted by Gasteiger charge is 2.30. The minimum atomic E-state index is -1.24. The number of hydrogen-bond donors (Lipinski definition) is 2. The fourth-order valence-corrected chi connectivity index (χ4v) is 5.53. The summed E-state index contributed by atoms with van der Waals surface area (Å²) in [5.74, 6) is -1.14. The van der Waals surface area contributed by atoms with Crippen LogP contribution in [0.15, 0.2) is 78.9 Å². The molecule has 4 aromatic carbocycles. The van der Waals surface area contributed by atoms with E-state index < -0.39 is 11.8 Å². The molecule has 1 heterocycles. The molecule has 0 spiro atoms. The SMILES string of the molecule is Cc1cc([C@@H]2C[C@H](CCCN[C@H](C)c3cccc4ccccc34)Oc3ccccc32)cc(C(=O)O)c1F. The average molecular weight is 498 g/mol. The summed E-state index contributed by atoms with van der Waals surface area (Å²) in [6.45, 7) is 4.67. The molecule has 0 aromatic heterocycles. The molecule has 5 rings (SSSR count). The third kappa shape index (κ3) is 5.23. The maximum atomic E-state index is 14.4. The smallest absolute Gasteiger partial charge is 0.338 e. The molecule has 1 aliphatic rings. The number of carbonyl (C=O) groups is 1. The number of rotatable bonds is 8. The van der Waals surface area contributed by atoms with Gasteiger partial charge in [-0.1, -0.05) is 66.7 Å². The molecular weight excluding hydrogens is 465 g/mol. The van der Waals surface area contributed by atoms with Crippen LogP contribution in [0.1, 0.15) is 70.8 Å². The number of benzene rings is 4. The molecule has 0 aliphatic carbocycles. The van der Waals surface area contributed by atoms with Crippen LogP contribution in [0.5, 0.6) is 5.75 Å². The normalized spacial score (nSPS) is 17.7. The average Bonchev–Trinajstić information content (AvgIpc) is 2.91. The van der Waals surface area contributed by atoms with Crippen LogP contribution >= 0.6 is 0 Å². The van der Waals surface area contributed by atoms with Crippen LogP contribution in [0.2, 0.25) is 0 Å². The molecule has 0 bridgehead atoms. The monoisotopic (exact) mass is 497 g/mol. The van der Waals surface area contributed by atoms with E-state index in [-0.39, 0.29) is 23.6 Å². The number of aryl methyl sites for hydroxylation is 1. The molecule has 0 saturated heterocycles. The second kappa shape index (κ2) is 10.7. The zero-order chi connectivity index (χ0) is 25.9. The van der Waals surface area contributed by atoms with Crippen LogP contribution in [-0.2, 0) is 0 Å². The van der Waals surface area contributed by atoms with E-state index in [1.807, 2.05) is 24.3 Å². The van der Waals surface area contributed by atoms with Crippen molar-refractivity contribution in [2.24, 2.45) is 0 Å². The second-order valence-corrected chi connectivity index (χ2v) is 9.96. The lowest BCUT2D eigenvalue weighted by molar-refractivity contribution is 0.0691. The third-order valence-corrected chi connectivity index (χ3v) is 7.44. The summed E-state index contributed by atoms with van der Waals surface area (Å²) in [6, 6.07) is 26.3. The molecule has 37 heavy (non-hydrogen) atoms. The van der Waals surface area contributed by atoms with E-state index in [4.69, 9.17) is 4.74 Å². The number of para-hydroxylation sites is 1. The molecule has 0 fully saturated rings. The van der Waals surface area contributed by atoms with Gasteiger partial charge >= 0.3 is 5.97 Å². The number of halogens is 1. The molecule has 4 aromatic rings. The van der Waals surface area contributed by atoms with Gasteiger partial charge in [0, 0.05) is 17.5 Å². The van der Waals surface area contributed by atoms with Crippen molar-refractivity contribution in [1.29, 1.82) is 0 Å². The lowest BCUT2D eigenvalue weighted by Gasteiger charge is -2.33. The van der Waals surface area contributed by atoms with Crippen LogP contribution in [0, 0.1) is 12.7 Å². The summed E-state index contributed by atoms with van der Waals surface area (Å²) >= 11 is 0. The first-order valence-electron chi connectivity index (χ1n) is 12.9. The highest BCUT2D eigenvalue weighted by molar-refractivity contribution is 5.88. The largest absolute Gasteiger partial charge is 0.490 e. The molecule has 0 saturated carbocycles. The number of fused-ring (bicyclic) bond motifs is 2. The van der Waals surface area contributed by atoms with Crippen LogP contribution in [-0.4, -0.2) is 23.7 Å². The molecule has 2 N–H and O–H groups in total. The number of carboxylic acids is 1. The number of nitrogens with one attached hydrogen (secondary N) is 1. The van der Waals surface area contributed by atoms with Crippen molar-refractivity contribution in [1.82, 2.24) is 5.32 Å². The summed E-state index contributed by atoms with van der Waals surface area (Å²) in [6.07, 6.45) is 2.53. The van der Waals surface area contributed by atoms with Crippen molar-refractivity contribution < 1.29 is 19.0 Å². The van der Waals surface area contributed by atoms with Crippen LogP contribution in [0.3, 0.4) is 0 Å². The van der Waals surface area contributed by atoms with E-state index in [1.54, 1.807) is 13.0 Å². The van der Waals surface area contributed by atoms with E-state index in [0.717, 1.165) is 42.7 Å². The molecule has 4 nitrogen and oxygen atoms in total. The number of aromatic carboxylic acids is 1. The Morgan fingerprint density at radius 2 is 1.84 bits per heavy atom. The Balaban J connectivity index is 1.27. The fourth-order valence-electron chi connectivity index (χ4n) is 5.53. The number of hydrogen-bond acceptors (Lipinski definition) is 3. The predicted molar refractivity (Wildman–Crippen MR) is 145 cm³/mol. The molecular formula is C32H32FNO3. The molecule has 0 unspecified atom stereocenters. The Morgan fingerprint density at radius 3 is 2.68 bits per heavy atom. The quantitative estimate of drug-likeness (QED) is 0.249. The van der Waals surface area contributed by atoms with Gasteiger partial charge in [-0.3, -0.25) is 0 Å². The molecule has 5 heteroatoms. The predicted octanol–water partition coefficient (Wildman–Crippen LogP) is 7.40. The molecule has 0 amide bonds.